The number of nitrogens with one attached hydrogen (secondary N) is 2. The van der Waals surface area contributed by atoms with Gasteiger partial charge in [-0.1, -0.05) is 6.07 Å². The molecular formula is C26H27N9O. The van der Waals surface area contributed by atoms with Crippen LogP contribution in [0.25, 0.3) is 16.9 Å². The average Bonchev–Trinajstić information content (AvgIpc) is 3.68. The summed E-state index contributed by atoms with van der Waals surface area (Å²) >= 11 is 0. The van der Waals surface area contributed by atoms with E-state index in [4.69, 9.17) is 4.98 Å². The molecule has 10 nitrogen and oxygen atoms in total. The lowest BCUT2D eigenvalue weighted by atomic mass is 10.0. The number of piperazine rings is 1. The Bertz CT molecular complexity index is 1480. The molecule has 0 aliphatic carbocycles. The lowest BCUT2D eigenvalue weighted by Crippen LogP contribution is -2.49. The van der Waals surface area contributed by atoms with Crippen LogP contribution in [0.4, 0.5) is 17.3 Å². The molecule has 2 fully saturated rings. The first-order valence-electron chi connectivity index (χ1n) is 12.4. The van der Waals surface area contributed by atoms with E-state index in [1.165, 1.54) is 12.7 Å². The minimum Gasteiger partial charge on any atom is -0.351 e. The molecule has 0 spiro atoms. The summed E-state index contributed by atoms with van der Waals surface area (Å²) in [6.45, 7) is 7.25. The van der Waals surface area contributed by atoms with E-state index in [0.29, 0.717) is 36.1 Å². The summed E-state index contributed by atoms with van der Waals surface area (Å²) in [4.78, 5) is 30.8. The number of pyridine rings is 1. The molecule has 10 heteroatoms. The number of benzene rings is 1. The first kappa shape index (κ1) is 21.3. The van der Waals surface area contributed by atoms with Gasteiger partial charge in [0, 0.05) is 48.9 Å². The topological polar surface area (TPSA) is 104 Å². The van der Waals surface area contributed by atoms with Gasteiger partial charge in [-0.3, -0.25) is 9.69 Å². The quantitative estimate of drug-likeness (QED) is 0.449. The third-order valence-corrected chi connectivity index (χ3v) is 7.64. The Kier molecular flexibility index (Phi) is 4.72. The molecule has 3 aromatic heterocycles. The lowest BCUT2D eigenvalue weighted by molar-refractivity contribution is 0.0965. The van der Waals surface area contributed by atoms with E-state index in [0.717, 1.165) is 47.0 Å². The Hall–Kier alpha value is -4.05. The predicted molar refractivity (Wildman–Crippen MR) is 136 cm³/mol. The van der Waals surface area contributed by atoms with Crippen LogP contribution in [0, 0.1) is 0 Å². The van der Waals surface area contributed by atoms with Gasteiger partial charge in [0.2, 0.25) is 0 Å². The van der Waals surface area contributed by atoms with E-state index in [9.17, 15) is 4.79 Å². The predicted octanol–water partition coefficient (Wildman–Crippen LogP) is 2.84. The van der Waals surface area contributed by atoms with Gasteiger partial charge in [0.25, 0.3) is 5.91 Å². The van der Waals surface area contributed by atoms with Crippen LogP contribution in [-0.4, -0.2) is 66.6 Å². The van der Waals surface area contributed by atoms with Crippen molar-refractivity contribution in [2.75, 3.05) is 23.3 Å². The molecule has 4 aromatic rings. The van der Waals surface area contributed by atoms with Crippen molar-refractivity contribution in [2.45, 2.75) is 44.9 Å². The number of nitrogens with zero attached hydrogens (tertiary/aromatic N) is 7. The van der Waals surface area contributed by atoms with Gasteiger partial charge in [-0.05, 0) is 50.1 Å². The summed E-state index contributed by atoms with van der Waals surface area (Å²) in [5.74, 6) is 1.60. The monoisotopic (exact) mass is 481 g/mol. The molecule has 1 aromatic carbocycles. The molecular weight excluding hydrogens is 454 g/mol. The van der Waals surface area contributed by atoms with Crippen molar-refractivity contribution >= 4 is 28.9 Å². The third-order valence-electron chi connectivity index (χ3n) is 7.64. The van der Waals surface area contributed by atoms with Gasteiger partial charge in [0.05, 0.1) is 23.8 Å². The Morgan fingerprint density at radius 2 is 1.97 bits per heavy atom. The van der Waals surface area contributed by atoms with E-state index in [2.05, 4.69) is 55.4 Å². The van der Waals surface area contributed by atoms with Crippen molar-refractivity contribution in [3.05, 3.63) is 60.2 Å². The smallest absolute Gasteiger partial charge is 0.251 e. The largest absolute Gasteiger partial charge is 0.351 e. The number of hydrogen-bond acceptors (Lipinski definition) is 8. The minimum atomic E-state index is -0.0329. The Labute approximate surface area is 208 Å². The van der Waals surface area contributed by atoms with Crippen LogP contribution >= 0.6 is 0 Å². The zero-order valence-electron chi connectivity index (χ0n) is 20.2. The third kappa shape index (κ3) is 3.32. The fourth-order valence-corrected chi connectivity index (χ4v) is 5.87. The maximum Gasteiger partial charge on any atom is 0.251 e. The van der Waals surface area contributed by atoms with Gasteiger partial charge in [-0.15, -0.1) is 0 Å². The molecule has 2 atom stereocenters. The average molecular weight is 482 g/mol. The molecule has 182 valence electrons. The highest BCUT2D eigenvalue weighted by molar-refractivity contribution is 5.98. The Morgan fingerprint density at radius 1 is 1.06 bits per heavy atom. The van der Waals surface area contributed by atoms with Crippen molar-refractivity contribution in [3.63, 3.8) is 0 Å². The van der Waals surface area contributed by atoms with E-state index >= 15 is 0 Å². The molecule has 6 heterocycles. The van der Waals surface area contributed by atoms with Gasteiger partial charge < -0.3 is 15.5 Å². The molecule has 36 heavy (non-hydrogen) atoms. The zero-order chi connectivity index (χ0) is 24.4. The van der Waals surface area contributed by atoms with Crippen molar-refractivity contribution in [1.82, 2.24) is 34.8 Å². The first-order valence-corrected chi connectivity index (χ1v) is 12.4. The van der Waals surface area contributed by atoms with Gasteiger partial charge in [-0.25, -0.2) is 19.5 Å². The van der Waals surface area contributed by atoms with Crippen molar-refractivity contribution in [3.8, 4) is 11.3 Å². The van der Waals surface area contributed by atoms with E-state index in [1.807, 2.05) is 30.5 Å². The van der Waals surface area contributed by atoms with Gasteiger partial charge in [0.15, 0.2) is 11.5 Å². The number of amides is 1. The molecule has 3 aliphatic heterocycles. The van der Waals surface area contributed by atoms with Gasteiger partial charge in [0.1, 0.15) is 12.1 Å². The van der Waals surface area contributed by atoms with Gasteiger partial charge in [-0.2, -0.15) is 5.10 Å². The Balaban J connectivity index is 1.12. The highest BCUT2D eigenvalue weighted by atomic mass is 16.1. The molecule has 0 radical (unpaired) electrons. The van der Waals surface area contributed by atoms with E-state index in [-0.39, 0.29) is 5.91 Å². The molecule has 0 saturated carbocycles. The summed E-state index contributed by atoms with van der Waals surface area (Å²) in [5, 5.41) is 10.6. The first-order chi connectivity index (χ1) is 17.5. The SMILES string of the molecule is CC(C)N1C[C@@H]2C[C@@H]1CN2c1ccc(Nc2ncc(-c3ccc4c(c3)CNC4=O)n3ncnc23)cn1. The molecule has 1 amide bonds. The summed E-state index contributed by atoms with van der Waals surface area (Å²) in [7, 11) is 0. The molecule has 2 N–H and O–H groups in total. The second-order valence-electron chi connectivity index (χ2n) is 10.1. The fraction of sp³-hybridized carbons (Fsp3) is 0.346. The molecule has 2 saturated heterocycles. The minimum absolute atomic E-state index is 0.0329. The Morgan fingerprint density at radius 3 is 2.75 bits per heavy atom. The number of hydrogen-bond donors (Lipinski definition) is 2. The van der Waals surface area contributed by atoms with E-state index < -0.39 is 0 Å². The highest BCUT2D eigenvalue weighted by Crippen LogP contribution is 2.35. The number of fused-ring (bicyclic) bond motifs is 4. The van der Waals surface area contributed by atoms with Crippen LogP contribution < -0.4 is 15.5 Å². The number of carbonyl (C=O) groups excluding carboxylic acids is 1. The molecule has 2 bridgehead atoms. The van der Waals surface area contributed by atoms with Crippen LogP contribution in [0.15, 0.2) is 49.1 Å². The maximum atomic E-state index is 11.9. The van der Waals surface area contributed by atoms with Gasteiger partial charge >= 0.3 is 0 Å². The van der Waals surface area contributed by atoms with Crippen LogP contribution in [-0.2, 0) is 6.54 Å². The van der Waals surface area contributed by atoms with Crippen molar-refractivity contribution in [2.24, 2.45) is 0 Å². The zero-order valence-corrected chi connectivity index (χ0v) is 20.2. The molecule has 7 rings (SSSR count). The van der Waals surface area contributed by atoms with E-state index in [1.54, 1.807) is 10.7 Å². The number of anilines is 3. The number of aromatic nitrogens is 5. The van der Waals surface area contributed by atoms with Crippen molar-refractivity contribution in [1.29, 1.82) is 0 Å². The second-order valence-corrected chi connectivity index (χ2v) is 10.1. The fourth-order valence-electron chi connectivity index (χ4n) is 5.87. The highest BCUT2D eigenvalue weighted by Gasteiger charge is 2.44. The van der Waals surface area contributed by atoms with Crippen LogP contribution in [0.1, 0.15) is 36.2 Å². The maximum absolute atomic E-state index is 11.9. The second kappa shape index (κ2) is 7.99. The normalized spacial score (nSPS) is 21.0. The molecule has 3 aliphatic rings. The number of rotatable bonds is 5. The van der Waals surface area contributed by atoms with Crippen LogP contribution in [0.3, 0.4) is 0 Å². The molecule has 0 unspecified atom stereocenters. The summed E-state index contributed by atoms with van der Waals surface area (Å²) in [6, 6.07) is 11.7. The van der Waals surface area contributed by atoms with Crippen molar-refractivity contribution < 1.29 is 4.79 Å². The van der Waals surface area contributed by atoms with Crippen LogP contribution in [0.5, 0.6) is 0 Å². The lowest BCUT2D eigenvalue weighted by Gasteiger charge is -2.37. The summed E-state index contributed by atoms with van der Waals surface area (Å²) < 4.78 is 1.77. The van der Waals surface area contributed by atoms with Crippen LogP contribution in [0.2, 0.25) is 0 Å². The summed E-state index contributed by atoms with van der Waals surface area (Å²) in [6.07, 6.45) is 6.38. The standard InChI is InChI=1S/C26H27N9O/c1-15(2)33-12-20-8-19(33)13-34(20)23-6-4-18(10-27-23)32-24-25-30-14-31-35(25)22(11-28-24)16-3-5-21-17(7-16)9-29-26(21)36/h3-7,10-11,14-15,19-20H,8-9,12-13H2,1-2H3,(H,28,32)(H,29,36)/t19-,20+/m1/s1. The number of carbonyl (C=O) groups is 1. The number of likely N-dealkylation sites (tertiary alicyclic amines) is 1. The summed E-state index contributed by atoms with van der Waals surface area (Å²) in [5.41, 5.74) is 4.90.